The Morgan fingerprint density at radius 2 is 1.84 bits per heavy atom. The Morgan fingerprint density at radius 3 is 2.55 bits per heavy atom. The Bertz CT molecular complexity index is 853. The lowest BCUT2D eigenvalue weighted by Crippen LogP contribution is -2.56. The van der Waals surface area contributed by atoms with E-state index >= 15 is 0 Å². The van der Waals surface area contributed by atoms with Crippen LogP contribution in [-0.2, 0) is 21.6 Å². The Kier molecular flexibility index (Phi) is 6.73. The molecule has 1 aromatic heterocycles. The highest BCUT2D eigenvalue weighted by atomic mass is 16.6. The zero-order valence-electron chi connectivity index (χ0n) is 18.6. The van der Waals surface area contributed by atoms with Crippen LogP contribution in [0.15, 0.2) is 54.7 Å². The number of piperidine rings is 1. The summed E-state index contributed by atoms with van der Waals surface area (Å²) in [5.74, 6) is -0.537. The summed E-state index contributed by atoms with van der Waals surface area (Å²) in [6.45, 7) is 2.83. The number of carbonyl (C=O) groups is 1. The summed E-state index contributed by atoms with van der Waals surface area (Å²) in [6.07, 6.45) is 8.30. The monoisotopic (exact) mass is 423 g/mol. The molecule has 0 amide bonds. The fraction of sp³-hybridized carbons (Fsp3) is 0.538. The molecule has 1 aliphatic heterocycles. The number of ether oxygens (including phenoxy) is 1. The number of rotatable bonds is 7. The number of quaternary nitrogens is 1. The number of esters is 1. The predicted octanol–water partition coefficient (Wildman–Crippen LogP) is 3.85. The molecule has 3 unspecified atom stereocenters. The van der Waals surface area contributed by atoms with Crippen molar-refractivity contribution < 1.29 is 19.1 Å². The van der Waals surface area contributed by atoms with Crippen LogP contribution in [0.25, 0.3) is 0 Å². The van der Waals surface area contributed by atoms with Crippen LogP contribution in [0.2, 0.25) is 0 Å². The average Bonchev–Trinajstić information content (AvgIpc) is 3.34. The Balaban J connectivity index is 1.44. The summed E-state index contributed by atoms with van der Waals surface area (Å²) >= 11 is 0. The van der Waals surface area contributed by atoms with Gasteiger partial charge in [0, 0.05) is 30.7 Å². The van der Waals surface area contributed by atoms with Gasteiger partial charge in [-0.05, 0) is 37.0 Å². The number of nitrogens with zero attached hydrogens (tertiary/aromatic N) is 2. The summed E-state index contributed by atoms with van der Waals surface area (Å²) in [7, 11) is 2.24. The van der Waals surface area contributed by atoms with Gasteiger partial charge in [-0.2, -0.15) is 0 Å². The zero-order chi connectivity index (χ0) is 21.7. The summed E-state index contributed by atoms with van der Waals surface area (Å²) in [4.78, 5) is 17.9. The van der Waals surface area contributed by atoms with E-state index in [1.807, 2.05) is 48.7 Å². The molecule has 1 N–H and O–H groups in total. The van der Waals surface area contributed by atoms with Crippen molar-refractivity contribution >= 4 is 5.97 Å². The van der Waals surface area contributed by atoms with Crippen LogP contribution in [0.3, 0.4) is 0 Å². The number of aliphatic hydroxyl groups is 1. The first-order valence-electron chi connectivity index (χ1n) is 11.7. The summed E-state index contributed by atoms with van der Waals surface area (Å²) in [5, 5.41) is 11.7. The van der Waals surface area contributed by atoms with E-state index in [-0.39, 0.29) is 12.0 Å². The third-order valence-corrected chi connectivity index (χ3v) is 7.25. The van der Waals surface area contributed by atoms with Gasteiger partial charge in [-0.3, -0.25) is 4.98 Å². The fourth-order valence-corrected chi connectivity index (χ4v) is 5.40. The molecular formula is C26H35N2O3+. The molecule has 5 heteroatoms. The second-order valence-electron chi connectivity index (χ2n) is 9.60. The van der Waals surface area contributed by atoms with Gasteiger partial charge in [-0.25, -0.2) is 4.79 Å². The largest absolute Gasteiger partial charge is 0.454 e. The first kappa shape index (κ1) is 22.0. The molecule has 4 rings (SSSR count). The van der Waals surface area contributed by atoms with Crippen LogP contribution < -0.4 is 0 Å². The van der Waals surface area contributed by atoms with Gasteiger partial charge in [-0.15, -0.1) is 0 Å². The van der Waals surface area contributed by atoms with E-state index in [2.05, 4.69) is 18.1 Å². The number of hydrogen-bond donors (Lipinski definition) is 1. The van der Waals surface area contributed by atoms with E-state index in [1.165, 1.54) is 0 Å². The van der Waals surface area contributed by atoms with Gasteiger partial charge >= 0.3 is 5.97 Å². The molecule has 1 saturated heterocycles. The maximum absolute atomic E-state index is 13.4. The smallest absolute Gasteiger partial charge is 0.343 e. The molecule has 166 valence electrons. The topological polar surface area (TPSA) is 59.4 Å². The molecule has 1 aliphatic carbocycles. The SMILES string of the molecule is C[N+]1(CCc2ccccn2)CCCC(OC(=O)C(O)(c2ccccc2)C2CCCC2)C1. The van der Waals surface area contributed by atoms with Crippen molar-refractivity contribution in [3.05, 3.63) is 66.0 Å². The molecule has 31 heavy (non-hydrogen) atoms. The molecule has 2 aromatic rings. The molecular weight excluding hydrogens is 388 g/mol. The lowest BCUT2D eigenvalue weighted by atomic mass is 9.80. The molecule has 2 fully saturated rings. The molecule has 0 spiro atoms. The van der Waals surface area contributed by atoms with Gasteiger partial charge in [0.25, 0.3) is 0 Å². The number of likely N-dealkylation sites (tertiary alicyclic amines) is 1. The van der Waals surface area contributed by atoms with Crippen LogP contribution in [0.4, 0.5) is 0 Å². The predicted molar refractivity (Wildman–Crippen MR) is 120 cm³/mol. The highest BCUT2D eigenvalue weighted by molar-refractivity contribution is 5.81. The van der Waals surface area contributed by atoms with Crippen LogP contribution >= 0.6 is 0 Å². The van der Waals surface area contributed by atoms with E-state index < -0.39 is 11.6 Å². The third-order valence-electron chi connectivity index (χ3n) is 7.25. The van der Waals surface area contributed by atoms with Gasteiger partial charge in [-0.1, -0.05) is 49.2 Å². The standard InChI is InChI=1S/C26H35N2O3/c1-28(19-16-23-14-7-8-17-27-23)18-9-15-24(20-28)31-25(29)26(30,22-12-5-6-13-22)21-10-3-2-4-11-21/h2-4,7-8,10-11,14,17,22,24,30H,5-6,9,12-13,15-16,18-20H2,1H3/q+1. The van der Waals surface area contributed by atoms with Crippen molar-refractivity contribution in [1.29, 1.82) is 0 Å². The Hall–Kier alpha value is -2.24. The van der Waals surface area contributed by atoms with E-state index in [9.17, 15) is 9.90 Å². The van der Waals surface area contributed by atoms with Gasteiger partial charge < -0.3 is 14.3 Å². The van der Waals surface area contributed by atoms with Crippen LogP contribution in [0, 0.1) is 5.92 Å². The molecule has 2 heterocycles. The van der Waals surface area contributed by atoms with Crippen molar-refractivity contribution in [2.24, 2.45) is 5.92 Å². The minimum atomic E-state index is -1.55. The van der Waals surface area contributed by atoms with Crippen molar-refractivity contribution in [3.63, 3.8) is 0 Å². The van der Waals surface area contributed by atoms with Crippen molar-refractivity contribution in [1.82, 2.24) is 4.98 Å². The van der Waals surface area contributed by atoms with Gasteiger partial charge in [0.1, 0.15) is 6.54 Å². The van der Waals surface area contributed by atoms with Crippen molar-refractivity contribution in [3.8, 4) is 0 Å². The first-order valence-corrected chi connectivity index (χ1v) is 11.7. The molecule has 1 saturated carbocycles. The number of pyridine rings is 1. The number of carbonyl (C=O) groups excluding carboxylic acids is 1. The maximum atomic E-state index is 13.4. The first-order chi connectivity index (χ1) is 15.0. The van der Waals surface area contributed by atoms with Crippen LogP contribution in [0.5, 0.6) is 0 Å². The van der Waals surface area contributed by atoms with Crippen molar-refractivity contribution in [2.75, 3.05) is 26.7 Å². The number of hydrogen-bond acceptors (Lipinski definition) is 4. The normalized spacial score (nSPS) is 26.3. The molecule has 1 aromatic carbocycles. The highest BCUT2D eigenvalue weighted by Gasteiger charge is 2.49. The number of aromatic nitrogens is 1. The lowest BCUT2D eigenvalue weighted by molar-refractivity contribution is -0.916. The summed E-state index contributed by atoms with van der Waals surface area (Å²) in [6, 6.07) is 15.4. The van der Waals surface area contributed by atoms with Gasteiger partial charge in [0.15, 0.2) is 11.7 Å². The quantitative estimate of drug-likeness (QED) is 0.543. The van der Waals surface area contributed by atoms with E-state index in [0.29, 0.717) is 5.56 Å². The van der Waals surface area contributed by atoms with Crippen LogP contribution in [0.1, 0.15) is 49.8 Å². The zero-order valence-corrected chi connectivity index (χ0v) is 18.6. The Morgan fingerprint density at radius 1 is 1.10 bits per heavy atom. The van der Waals surface area contributed by atoms with Crippen molar-refractivity contribution in [2.45, 2.75) is 56.7 Å². The third kappa shape index (κ3) is 4.99. The number of benzene rings is 1. The summed E-state index contributed by atoms with van der Waals surface area (Å²) in [5.41, 5.74) is 0.211. The molecule has 5 nitrogen and oxygen atoms in total. The molecule has 3 atom stereocenters. The fourth-order valence-electron chi connectivity index (χ4n) is 5.40. The second-order valence-corrected chi connectivity index (χ2v) is 9.60. The van der Waals surface area contributed by atoms with Crippen LogP contribution in [-0.4, -0.2) is 53.3 Å². The second kappa shape index (κ2) is 9.49. The lowest BCUT2D eigenvalue weighted by Gasteiger charge is -2.42. The number of likely N-dealkylation sites (N-methyl/N-ethyl adjacent to an activating group) is 1. The average molecular weight is 424 g/mol. The molecule has 0 bridgehead atoms. The van der Waals surface area contributed by atoms with Gasteiger partial charge in [0.05, 0.1) is 20.1 Å². The van der Waals surface area contributed by atoms with E-state index in [0.717, 1.165) is 74.8 Å². The minimum absolute atomic E-state index is 0.0731. The van der Waals surface area contributed by atoms with E-state index in [4.69, 9.17) is 4.74 Å². The molecule has 2 aliphatic rings. The Labute approximate surface area is 185 Å². The summed E-state index contributed by atoms with van der Waals surface area (Å²) < 4.78 is 6.91. The van der Waals surface area contributed by atoms with E-state index in [1.54, 1.807) is 0 Å². The minimum Gasteiger partial charge on any atom is -0.454 e. The van der Waals surface area contributed by atoms with Gasteiger partial charge in [0.2, 0.25) is 0 Å². The molecule has 0 radical (unpaired) electrons. The maximum Gasteiger partial charge on any atom is 0.343 e. The highest BCUT2D eigenvalue weighted by Crippen LogP contribution is 2.42.